The van der Waals surface area contributed by atoms with Gasteiger partial charge in [0, 0.05) is 7.11 Å². The minimum Gasteiger partial charge on any atom is -0.394 e. The van der Waals surface area contributed by atoms with Crippen molar-refractivity contribution in [1.82, 2.24) is 0 Å². The summed E-state index contributed by atoms with van der Waals surface area (Å²) in [6.07, 6.45) is -0.445. The average Bonchev–Trinajstić information content (AvgIpc) is 3.23. The Balaban J connectivity index is 1.73. The van der Waals surface area contributed by atoms with Crippen LogP contribution in [0.4, 0.5) is 0 Å². The molecule has 0 spiro atoms. The molecule has 1 heterocycles. The smallest absolute Gasteiger partial charge is 0.146 e. The molecule has 0 aromatic heterocycles. The van der Waals surface area contributed by atoms with Gasteiger partial charge in [-0.3, -0.25) is 0 Å². The van der Waals surface area contributed by atoms with Gasteiger partial charge < -0.3 is 24.1 Å². The summed E-state index contributed by atoms with van der Waals surface area (Å²) in [5.74, 6) is 0. The van der Waals surface area contributed by atoms with Gasteiger partial charge in [-0.15, -0.1) is 0 Å². The SMILES string of the molecule is COCO[C@@H](COCc1ccccc1)[C@H]1O[C@@H]1CO. The van der Waals surface area contributed by atoms with E-state index in [1.807, 2.05) is 30.3 Å². The number of methoxy groups -OCH3 is 1. The first-order valence-corrected chi connectivity index (χ1v) is 6.33. The van der Waals surface area contributed by atoms with E-state index in [-0.39, 0.29) is 31.7 Å². The molecule has 0 saturated carbocycles. The van der Waals surface area contributed by atoms with E-state index in [4.69, 9.17) is 24.1 Å². The van der Waals surface area contributed by atoms with Gasteiger partial charge in [-0.25, -0.2) is 0 Å². The fraction of sp³-hybridized carbons (Fsp3) is 0.571. The van der Waals surface area contributed by atoms with Crippen LogP contribution in [0.5, 0.6) is 0 Å². The van der Waals surface area contributed by atoms with Crippen LogP contribution in [0, 0.1) is 0 Å². The molecule has 19 heavy (non-hydrogen) atoms. The van der Waals surface area contributed by atoms with Crippen LogP contribution < -0.4 is 0 Å². The van der Waals surface area contributed by atoms with Crippen molar-refractivity contribution in [2.75, 3.05) is 27.1 Å². The Morgan fingerprint density at radius 3 is 2.74 bits per heavy atom. The van der Waals surface area contributed by atoms with Crippen molar-refractivity contribution in [3.63, 3.8) is 0 Å². The van der Waals surface area contributed by atoms with E-state index < -0.39 is 0 Å². The summed E-state index contributed by atoms with van der Waals surface area (Å²) in [7, 11) is 1.57. The summed E-state index contributed by atoms with van der Waals surface area (Å²) in [4.78, 5) is 0. The Morgan fingerprint density at radius 1 is 1.32 bits per heavy atom. The van der Waals surface area contributed by atoms with Gasteiger partial charge in [-0.05, 0) is 5.56 Å². The van der Waals surface area contributed by atoms with Crippen molar-refractivity contribution < 1.29 is 24.1 Å². The molecule has 5 heteroatoms. The van der Waals surface area contributed by atoms with Crippen molar-refractivity contribution in [2.24, 2.45) is 0 Å². The number of epoxide rings is 1. The molecule has 1 aliphatic rings. The third kappa shape index (κ3) is 4.56. The maximum atomic E-state index is 9.00. The first-order valence-electron chi connectivity index (χ1n) is 6.33. The van der Waals surface area contributed by atoms with Crippen LogP contribution in [0.25, 0.3) is 0 Å². The number of aliphatic hydroxyl groups is 1. The summed E-state index contributed by atoms with van der Waals surface area (Å²) >= 11 is 0. The van der Waals surface area contributed by atoms with E-state index in [0.29, 0.717) is 13.2 Å². The van der Waals surface area contributed by atoms with Crippen LogP contribution in [-0.4, -0.2) is 50.5 Å². The highest BCUT2D eigenvalue weighted by Gasteiger charge is 2.45. The zero-order chi connectivity index (χ0) is 13.5. The van der Waals surface area contributed by atoms with Crippen molar-refractivity contribution >= 4 is 0 Å². The molecule has 1 N–H and O–H groups in total. The average molecular weight is 268 g/mol. The van der Waals surface area contributed by atoms with E-state index in [1.54, 1.807) is 7.11 Å². The quantitative estimate of drug-likeness (QED) is 0.534. The summed E-state index contributed by atoms with van der Waals surface area (Å²) in [5, 5.41) is 9.00. The van der Waals surface area contributed by atoms with Crippen LogP contribution >= 0.6 is 0 Å². The minimum atomic E-state index is -0.208. The molecular formula is C14H20O5. The fourth-order valence-corrected chi connectivity index (χ4v) is 1.89. The van der Waals surface area contributed by atoms with E-state index in [9.17, 15) is 0 Å². The lowest BCUT2D eigenvalue weighted by Gasteiger charge is -2.15. The lowest BCUT2D eigenvalue weighted by Crippen LogP contribution is -2.28. The Hall–Kier alpha value is -0.980. The van der Waals surface area contributed by atoms with Gasteiger partial charge >= 0.3 is 0 Å². The Morgan fingerprint density at radius 2 is 2.11 bits per heavy atom. The Labute approximate surface area is 113 Å². The molecule has 0 radical (unpaired) electrons. The second-order valence-electron chi connectivity index (χ2n) is 4.43. The third-order valence-electron chi connectivity index (χ3n) is 2.96. The molecule has 1 aromatic carbocycles. The topological polar surface area (TPSA) is 60.5 Å². The van der Waals surface area contributed by atoms with E-state index in [1.165, 1.54) is 0 Å². The zero-order valence-corrected chi connectivity index (χ0v) is 11.0. The highest BCUT2D eigenvalue weighted by Crippen LogP contribution is 2.27. The molecular weight excluding hydrogens is 248 g/mol. The van der Waals surface area contributed by atoms with Gasteiger partial charge in [0.1, 0.15) is 25.1 Å². The minimum absolute atomic E-state index is 0.0101. The maximum Gasteiger partial charge on any atom is 0.146 e. The van der Waals surface area contributed by atoms with E-state index in [2.05, 4.69) is 0 Å². The number of hydrogen-bond acceptors (Lipinski definition) is 5. The molecule has 0 bridgehead atoms. The number of aliphatic hydroxyl groups excluding tert-OH is 1. The summed E-state index contributed by atoms with van der Waals surface area (Å²) in [5.41, 5.74) is 1.11. The standard InChI is InChI=1S/C14H20O5/c1-16-10-18-13(14-12(7-15)19-14)9-17-8-11-5-3-2-4-6-11/h2-6,12-15H,7-10H2,1H3/t12-,13+,14+/m1/s1. The molecule has 1 aliphatic heterocycles. The largest absolute Gasteiger partial charge is 0.394 e. The second kappa shape index (κ2) is 7.57. The van der Waals surface area contributed by atoms with Crippen molar-refractivity contribution in [3.05, 3.63) is 35.9 Å². The number of ether oxygens (including phenoxy) is 4. The van der Waals surface area contributed by atoms with Crippen LogP contribution in [0.2, 0.25) is 0 Å². The molecule has 1 fully saturated rings. The fourth-order valence-electron chi connectivity index (χ4n) is 1.89. The number of hydrogen-bond donors (Lipinski definition) is 1. The molecule has 1 saturated heterocycles. The van der Waals surface area contributed by atoms with E-state index in [0.717, 1.165) is 5.56 Å². The highest BCUT2D eigenvalue weighted by molar-refractivity contribution is 5.13. The second-order valence-corrected chi connectivity index (χ2v) is 4.43. The molecule has 0 unspecified atom stereocenters. The normalized spacial score (nSPS) is 23.3. The first kappa shape index (κ1) is 14.4. The van der Waals surface area contributed by atoms with Gasteiger partial charge in [0.25, 0.3) is 0 Å². The van der Waals surface area contributed by atoms with Gasteiger partial charge in [-0.1, -0.05) is 30.3 Å². The molecule has 0 amide bonds. The third-order valence-corrected chi connectivity index (χ3v) is 2.96. The zero-order valence-electron chi connectivity index (χ0n) is 11.0. The summed E-state index contributed by atoms with van der Waals surface area (Å²) < 4.78 is 21.3. The Bertz CT molecular complexity index is 356. The van der Waals surface area contributed by atoms with Crippen molar-refractivity contribution in [2.45, 2.75) is 24.9 Å². The lowest BCUT2D eigenvalue weighted by atomic mass is 10.2. The van der Waals surface area contributed by atoms with Gasteiger partial charge in [0.05, 0.1) is 19.8 Å². The van der Waals surface area contributed by atoms with Crippen LogP contribution in [-0.2, 0) is 25.6 Å². The number of benzene rings is 1. The van der Waals surface area contributed by atoms with Crippen LogP contribution in [0.3, 0.4) is 0 Å². The molecule has 3 atom stereocenters. The van der Waals surface area contributed by atoms with Crippen molar-refractivity contribution in [3.8, 4) is 0 Å². The summed E-state index contributed by atoms with van der Waals surface area (Å²) in [6.45, 7) is 1.15. The van der Waals surface area contributed by atoms with E-state index >= 15 is 0 Å². The van der Waals surface area contributed by atoms with Crippen molar-refractivity contribution in [1.29, 1.82) is 0 Å². The molecule has 106 valence electrons. The predicted octanol–water partition coefficient (Wildman–Crippen LogP) is 0.952. The Kier molecular flexibility index (Phi) is 5.75. The number of rotatable bonds is 9. The molecule has 1 aromatic rings. The van der Waals surface area contributed by atoms with Gasteiger partial charge in [0.15, 0.2) is 0 Å². The summed E-state index contributed by atoms with van der Waals surface area (Å²) in [6, 6.07) is 9.94. The first-order chi connectivity index (χ1) is 9.35. The highest BCUT2D eigenvalue weighted by atomic mass is 16.7. The van der Waals surface area contributed by atoms with Crippen LogP contribution in [0.15, 0.2) is 30.3 Å². The van der Waals surface area contributed by atoms with Crippen LogP contribution in [0.1, 0.15) is 5.56 Å². The van der Waals surface area contributed by atoms with Gasteiger partial charge in [-0.2, -0.15) is 0 Å². The van der Waals surface area contributed by atoms with Gasteiger partial charge in [0.2, 0.25) is 0 Å². The predicted molar refractivity (Wildman–Crippen MR) is 68.6 cm³/mol. The molecule has 5 nitrogen and oxygen atoms in total. The maximum absolute atomic E-state index is 9.00. The molecule has 0 aliphatic carbocycles. The molecule has 2 rings (SSSR count). The monoisotopic (exact) mass is 268 g/mol. The lowest BCUT2D eigenvalue weighted by molar-refractivity contribution is -0.106.